The van der Waals surface area contributed by atoms with Crippen LogP contribution >= 0.6 is 0 Å². The molecule has 0 aliphatic carbocycles. The van der Waals surface area contributed by atoms with Gasteiger partial charge in [0.25, 0.3) is 5.69 Å². The fraction of sp³-hybridized carbons (Fsp3) is 0.250. The molecule has 27 heavy (non-hydrogen) atoms. The first-order chi connectivity index (χ1) is 13.0. The third-order valence-electron chi connectivity index (χ3n) is 4.34. The van der Waals surface area contributed by atoms with Crippen LogP contribution in [0.15, 0.2) is 42.5 Å². The summed E-state index contributed by atoms with van der Waals surface area (Å²) in [6.45, 7) is 4.01. The summed E-state index contributed by atoms with van der Waals surface area (Å²) in [7, 11) is 0. The summed E-state index contributed by atoms with van der Waals surface area (Å²) in [6.07, 6.45) is 3.44. The lowest BCUT2D eigenvalue weighted by atomic mass is 10.0. The minimum absolute atomic E-state index is 0.0227. The van der Waals surface area contributed by atoms with E-state index in [-0.39, 0.29) is 30.0 Å². The highest BCUT2D eigenvalue weighted by Gasteiger charge is 2.22. The third-order valence-corrected chi connectivity index (χ3v) is 4.34. The summed E-state index contributed by atoms with van der Waals surface area (Å²) in [5.41, 5.74) is 2.30. The fourth-order valence-corrected chi connectivity index (χ4v) is 2.84. The molecule has 3 rings (SSSR count). The average molecular weight is 368 g/mol. The largest absolute Gasteiger partial charge is 0.454 e. The zero-order valence-electron chi connectivity index (χ0n) is 15.1. The van der Waals surface area contributed by atoms with E-state index in [2.05, 4.69) is 5.32 Å². The molecule has 0 saturated heterocycles. The molecular weight excluding hydrogens is 348 g/mol. The Hall–Kier alpha value is -3.35. The second-order valence-electron chi connectivity index (χ2n) is 6.23. The van der Waals surface area contributed by atoms with Crippen LogP contribution in [0.4, 0.5) is 5.69 Å². The standard InChI is InChI=1S/C20H20N2O5/c1-3-16(14-6-4-13(2)5-7-14)21-20(23)9-8-15-10-18-19(27-12-26-18)11-17(15)22(24)25/h4-11,16H,3,12H2,1-2H3,(H,21,23)/b9-8+/t16-/m1/s1. The van der Waals surface area contributed by atoms with Gasteiger partial charge in [-0.05, 0) is 31.1 Å². The first kappa shape index (κ1) is 18.4. The maximum atomic E-state index is 12.3. The van der Waals surface area contributed by atoms with E-state index in [1.165, 1.54) is 24.3 Å². The fourth-order valence-electron chi connectivity index (χ4n) is 2.84. The Balaban J connectivity index is 1.76. The Bertz CT molecular complexity index is 890. The van der Waals surface area contributed by atoms with Crippen LogP contribution in [0.2, 0.25) is 0 Å². The molecule has 7 heteroatoms. The monoisotopic (exact) mass is 368 g/mol. The van der Waals surface area contributed by atoms with Crippen LogP contribution in [-0.4, -0.2) is 17.6 Å². The van der Waals surface area contributed by atoms with Crippen LogP contribution in [0, 0.1) is 17.0 Å². The lowest BCUT2D eigenvalue weighted by Gasteiger charge is -2.16. The number of nitro groups is 1. The van der Waals surface area contributed by atoms with Gasteiger partial charge >= 0.3 is 0 Å². The van der Waals surface area contributed by atoms with Crippen LogP contribution < -0.4 is 14.8 Å². The van der Waals surface area contributed by atoms with Crippen molar-refractivity contribution in [3.05, 3.63) is 69.3 Å². The number of rotatable bonds is 6. The van der Waals surface area contributed by atoms with Gasteiger partial charge in [0, 0.05) is 6.08 Å². The van der Waals surface area contributed by atoms with Gasteiger partial charge in [0.15, 0.2) is 11.5 Å². The Morgan fingerprint density at radius 1 is 1.26 bits per heavy atom. The van der Waals surface area contributed by atoms with Crippen molar-refractivity contribution >= 4 is 17.7 Å². The number of benzene rings is 2. The van der Waals surface area contributed by atoms with Gasteiger partial charge in [0.05, 0.1) is 22.6 Å². The lowest BCUT2D eigenvalue weighted by Crippen LogP contribution is -2.26. The highest BCUT2D eigenvalue weighted by molar-refractivity contribution is 5.92. The number of hydrogen-bond donors (Lipinski definition) is 1. The van der Waals surface area contributed by atoms with E-state index in [0.29, 0.717) is 11.5 Å². The van der Waals surface area contributed by atoms with Crippen molar-refractivity contribution in [2.24, 2.45) is 0 Å². The first-order valence-electron chi connectivity index (χ1n) is 8.61. The van der Waals surface area contributed by atoms with Crippen molar-refractivity contribution in [1.82, 2.24) is 5.32 Å². The SMILES string of the molecule is CC[C@@H](NC(=O)/C=C/c1cc2c(cc1[N+](=O)[O-])OCO2)c1ccc(C)cc1. The van der Waals surface area contributed by atoms with Gasteiger partial charge in [-0.2, -0.15) is 0 Å². The summed E-state index contributed by atoms with van der Waals surface area (Å²) in [5, 5.41) is 14.2. The van der Waals surface area contributed by atoms with Crippen molar-refractivity contribution in [3.8, 4) is 11.5 Å². The minimum atomic E-state index is -0.513. The number of amides is 1. The Labute approximate surface area is 156 Å². The summed E-state index contributed by atoms with van der Waals surface area (Å²) in [4.78, 5) is 23.1. The number of nitrogens with one attached hydrogen (secondary N) is 1. The van der Waals surface area contributed by atoms with Gasteiger partial charge in [-0.15, -0.1) is 0 Å². The molecule has 1 amide bonds. The molecule has 7 nitrogen and oxygen atoms in total. The predicted molar refractivity (Wildman–Crippen MR) is 101 cm³/mol. The zero-order chi connectivity index (χ0) is 19.4. The molecule has 0 spiro atoms. The second kappa shape index (κ2) is 7.90. The quantitative estimate of drug-likeness (QED) is 0.474. The number of nitrogens with zero attached hydrogens (tertiary/aromatic N) is 1. The summed E-state index contributed by atoms with van der Waals surface area (Å²) >= 11 is 0. The Morgan fingerprint density at radius 3 is 2.56 bits per heavy atom. The van der Waals surface area contributed by atoms with Crippen molar-refractivity contribution in [1.29, 1.82) is 0 Å². The van der Waals surface area contributed by atoms with Gasteiger partial charge in [-0.25, -0.2) is 0 Å². The lowest BCUT2D eigenvalue weighted by molar-refractivity contribution is -0.385. The molecule has 1 aliphatic heterocycles. The van der Waals surface area contributed by atoms with Crippen LogP contribution in [-0.2, 0) is 4.79 Å². The van der Waals surface area contributed by atoms with Crippen LogP contribution in [0.1, 0.15) is 36.1 Å². The molecule has 0 radical (unpaired) electrons. The van der Waals surface area contributed by atoms with Crippen molar-refractivity contribution in [2.45, 2.75) is 26.3 Å². The highest BCUT2D eigenvalue weighted by Crippen LogP contribution is 2.38. The molecule has 0 aromatic heterocycles. The van der Waals surface area contributed by atoms with E-state index >= 15 is 0 Å². The van der Waals surface area contributed by atoms with Gasteiger partial charge in [-0.3, -0.25) is 14.9 Å². The minimum Gasteiger partial charge on any atom is -0.454 e. The number of nitro benzene ring substituents is 1. The number of ether oxygens (including phenoxy) is 2. The van der Waals surface area contributed by atoms with E-state index in [4.69, 9.17) is 9.47 Å². The average Bonchev–Trinajstić information content (AvgIpc) is 3.11. The molecule has 0 saturated carbocycles. The second-order valence-corrected chi connectivity index (χ2v) is 6.23. The maximum Gasteiger partial charge on any atom is 0.280 e. The van der Waals surface area contributed by atoms with E-state index in [1.54, 1.807) is 0 Å². The molecule has 1 atom stereocenters. The molecule has 2 aromatic carbocycles. The van der Waals surface area contributed by atoms with Gasteiger partial charge in [0.2, 0.25) is 12.7 Å². The number of carbonyl (C=O) groups is 1. The van der Waals surface area contributed by atoms with E-state index in [1.807, 2.05) is 38.1 Å². The van der Waals surface area contributed by atoms with Gasteiger partial charge in [0.1, 0.15) is 0 Å². The summed E-state index contributed by atoms with van der Waals surface area (Å²) in [5.74, 6) is 0.426. The molecule has 0 bridgehead atoms. The summed E-state index contributed by atoms with van der Waals surface area (Å²) < 4.78 is 10.4. The van der Waals surface area contributed by atoms with Crippen LogP contribution in [0.5, 0.6) is 11.5 Å². The number of fused-ring (bicyclic) bond motifs is 1. The maximum absolute atomic E-state index is 12.3. The topological polar surface area (TPSA) is 90.7 Å². The molecule has 140 valence electrons. The molecule has 0 fully saturated rings. The smallest absolute Gasteiger partial charge is 0.280 e. The third kappa shape index (κ3) is 4.25. The Morgan fingerprint density at radius 2 is 1.93 bits per heavy atom. The van der Waals surface area contributed by atoms with Crippen LogP contribution in [0.3, 0.4) is 0 Å². The molecule has 2 aromatic rings. The molecule has 1 aliphatic rings. The highest BCUT2D eigenvalue weighted by atomic mass is 16.7. The van der Waals surface area contributed by atoms with E-state index in [0.717, 1.165) is 17.5 Å². The number of aryl methyl sites for hydroxylation is 1. The first-order valence-corrected chi connectivity index (χ1v) is 8.61. The van der Waals surface area contributed by atoms with Crippen molar-refractivity contribution in [3.63, 3.8) is 0 Å². The van der Waals surface area contributed by atoms with Crippen molar-refractivity contribution in [2.75, 3.05) is 6.79 Å². The van der Waals surface area contributed by atoms with Crippen LogP contribution in [0.25, 0.3) is 6.08 Å². The van der Waals surface area contributed by atoms with Gasteiger partial charge < -0.3 is 14.8 Å². The zero-order valence-corrected chi connectivity index (χ0v) is 15.1. The van der Waals surface area contributed by atoms with Gasteiger partial charge in [-0.1, -0.05) is 36.8 Å². The van der Waals surface area contributed by atoms with Crippen molar-refractivity contribution < 1.29 is 19.2 Å². The van der Waals surface area contributed by atoms with E-state index in [9.17, 15) is 14.9 Å². The molecular formula is C20H20N2O5. The molecule has 1 N–H and O–H groups in total. The molecule has 1 heterocycles. The summed E-state index contributed by atoms with van der Waals surface area (Å²) in [6, 6.07) is 10.6. The van der Waals surface area contributed by atoms with E-state index < -0.39 is 4.92 Å². The predicted octanol–water partition coefficient (Wildman–Crippen LogP) is 3.91. The Kier molecular flexibility index (Phi) is 5.40. The number of carbonyl (C=O) groups excluding carboxylic acids is 1. The molecule has 0 unspecified atom stereocenters. The number of hydrogen-bond acceptors (Lipinski definition) is 5. The normalized spacial score (nSPS) is 13.6.